The lowest BCUT2D eigenvalue weighted by molar-refractivity contribution is -0.139. The first kappa shape index (κ1) is 24.5. The van der Waals surface area contributed by atoms with Crippen molar-refractivity contribution in [3.05, 3.63) is 41.7 Å². The molecule has 0 atom stereocenters. The fourth-order valence-electron chi connectivity index (χ4n) is 4.65. The predicted molar refractivity (Wildman–Crippen MR) is 136 cm³/mol. The highest BCUT2D eigenvalue weighted by Crippen LogP contribution is 2.39. The zero-order valence-corrected chi connectivity index (χ0v) is 20.9. The van der Waals surface area contributed by atoms with Gasteiger partial charge in [-0.05, 0) is 50.6 Å². The monoisotopic (exact) mass is 512 g/mol. The number of carbonyl (C=O) groups is 1. The van der Waals surface area contributed by atoms with Gasteiger partial charge in [-0.3, -0.25) is 4.79 Å². The lowest BCUT2D eigenvalue weighted by atomic mass is 9.77. The molecule has 0 aliphatic carbocycles. The zero-order chi connectivity index (χ0) is 25.0. The molecule has 2 saturated heterocycles. The molecule has 36 heavy (non-hydrogen) atoms. The number of hydrogen-bond acceptors (Lipinski definition) is 8. The van der Waals surface area contributed by atoms with Crippen LogP contribution in [0.4, 0.5) is 5.69 Å². The number of likely N-dealkylation sites (tertiary alicyclic amines) is 1. The summed E-state index contributed by atoms with van der Waals surface area (Å²) < 4.78 is 23.1. The summed E-state index contributed by atoms with van der Waals surface area (Å²) >= 11 is 6.21. The van der Waals surface area contributed by atoms with Crippen molar-refractivity contribution in [1.82, 2.24) is 14.9 Å². The quantitative estimate of drug-likeness (QED) is 0.312. The third kappa shape index (κ3) is 5.33. The minimum absolute atomic E-state index is 0.354. The van der Waals surface area contributed by atoms with Crippen molar-refractivity contribution >= 4 is 34.6 Å². The molecule has 0 radical (unpaired) electrons. The van der Waals surface area contributed by atoms with Gasteiger partial charge in [0.15, 0.2) is 11.5 Å². The molecule has 1 aromatic heterocycles. The van der Waals surface area contributed by atoms with Gasteiger partial charge in [0.2, 0.25) is 12.3 Å². The van der Waals surface area contributed by atoms with Crippen LogP contribution in [0.15, 0.2) is 36.7 Å². The number of anilines is 1. The van der Waals surface area contributed by atoms with Gasteiger partial charge in [-0.2, -0.15) is 0 Å². The number of halogens is 1. The van der Waals surface area contributed by atoms with Gasteiger partial charge >= 0.3 is 0 Å². The van der Waals surface area contributed by atoms with Gasteiger partial charge in [0.1, 0.15) is 12.1 Å². The van der Waals surface area contributed by atoms with Gasteiger partial charge in [-0.15, -0.1) is 0 Å². The molecule has 5 rings (SSSR count). The second kappa shape index (κ2) is 10.9. The lowest BCUT2D eigenvalue weighted by Gasteiger charge is -2.47. The molecule has 0 bridgehead atoms. The predicted octanol–water partition coefficient (Wildman–Crippen LogP) is 4.53. The first-order valence-corrected chi connectivity index (χ1v) is 12.4. The molecule has 1 amide bonds. The Morgan fingerprint density at radius 1 is 1.17 bits per heavy atom. The maximum atomic E-state index is 10.7. The number of hydrogen-bond donors (Lipinski definition) is 1. The van der Waals surface area contributed by atoms with Crippen LogP contribution in [0.2, 0.25) is 5.02 Å². The first-order chi connectivity index (χ1) is 17.6. The third-order valence-electron chi connectivity index (χ3n) is 6.86. The second-order valence-electron chi connectivity index (χ2n) is 9.24. The van der Waals surface area contributed by atoms with E-state index in [1.54, 1.807) is 25.3 Å². The highest BCUT2D eigenvalue weighted by Gasteiger charge is 2.40. The molecule has 0 unspecified atom stereocenters. The molecule has 2 aliphatic rings. The normalized spacial score (nSPS) is 16.9. The van der Waals surface area contributed by atoms with E-state index in [0.29, 0.717) is 63.2 Å². The number of methoxy groups -OCH3 is 1. The molecule has 2 aromatic carbocycles. The molecule has 3 aromatic rings. The van der Waals surface area contributed by atoms with E-state index in [-0.39, 0.29) is 0 Å². The van der Waals surface area contributed by atoms with Gasteiger partial charge < -0.3 is 29.2 Å². The second-order valence-corrected chi connectivity index (χ2v) is 9.65. The standard InChI is InChI=1S/C26H29ClN4O5/c1-33-23-12-19-22(28-16-29-25(19)36-18-3-4-21(30-17-32)20(27)11-18)13-24(23)35-10-2-7-31-8-5-26(6-9-31)14-34-15-26/h3-4,11-13,16-17H,2,5-10,14-15H2,1H3,(H,30,32). The number of ether oxygens (including phenoxy) is 4. The van der Waals surface area contributed by atoms with E-state index in [9.17, 15) is 4.79 Å². The number of nitrogens with one attached hydrogen (secondary N) is 1. The number of amides is 1. The Kier molecular flexibility index (Phi) is 7.41. The summed E-state index contributed by atoms with van der Waals surface area (Å²) in [6.07, 6.45) is 5.39. The molecule has 2 aliphatic heterocycles. The highest BCUT2D eigenvalue weighted by atomic mass is 35.5. The number of carbonyl (C=O) groups excluding carboxylic acids is 1. The van der Waals surface area contributed by atoms with Crippen LogP contribution in [0.25, 0.3) is 10.9 Å². The Morgan fingerprint density at radius 3 is 2.69 bits per heavy atom. The summed E-state index contributed by atoms with van der Waals surface area (Å²) in [5.74, 6) is 2.04. The largest absolute Gasteiger partial charge is 0.493 e. The first-order valence-electron chi connectivity index (χ1n) is 12.0. The van der Waals surface area contributed by atoms with Gasteiger partial charge in [0.25, 0.3) is 0 Å². The molecule has 190 valence electrons. The number of fused-ring (bicyclic) bond motifs is 1. The van der Waals surface area contributed by atoms with Crippen LogP contribution in [-0.4, -0.2) is 67.8 Å². The van der Waals surface area contributed by atoms with Gasteiger partial charge in [-0.25, -0.2) is 9.97 Å². The Bertz CT molecular complexity index is 1230. The number of nitrogens with zero attached hydrogens (tertiary/aromatic N) is 3. The molecular formula is C26H29ClN4O5. The van der Waals surface area contributed by atoms with Crippen molar-refractivity contribution in [2.45, 2.75) is 19.3 Å². The molecule has 0 saturated carbocycles. The summed E-state index contributed by atoms with van der Waals surface area (Å²) in [6.45, 7) is 5.72. The fraction of sp³-hybridized carbons (Fsp3) is 0.423. The molecule has 9 nitrogen and oxygen atoms in total. The van der Waals surface area contributed by atoms with Crippen LogP contribution < -0.4 is 19.5 Å². The smallest absolute Gasteiger partial charge is 0.230 e. The number of benzene rings is 2. The Hall–Kier alpha value is -3.14. The summed E-state index contributed by atoms with van der Waals surface area (Å²) in [4.78, 5) is 21.9. The van der Waals surface area contributed by atoms with Crippen molar-refractivity contribution in [1.29, 1.82) is 0 Å². The van der Waals surface area contributed by atoms with Crippen LogP contribution in [0.5, 0.6) is 23.1 Å². The van der Waals surface area contributed by atoms with E-state index in [4.69, 9.17) is 30.5 Å². The summed E-state index contributed by atoms with van der Waals surface area (Å²) in [5.41, 5.74) is 1.62. The van der Waals surface area contributed by atoms with Crippen molar-refractivity contribution in [3.8, 4) is 23.1 Å². The van der Waals surface area contributed by atoms with Gasteiger partial charge in [-0.1, -0.05) is 11.6 Å². The number of aromatic nitrogens is 2. The Morgan fingerprint density at radius 2 is 2.00 bits per heavy atom. The SMILES string of the molecule is COc1cc2c(Oc3ccc(NC=O)c(Cl)c3)ncnc2cc1OCCCN1CCC2(CC1)COC2. The lowest BCUT2D eigenvalue weighted by Crippen LogP contribution is -2.51. The van der Waals surface area contributed by atoms with Crippen molar-refractivity contribution in [2.75, 3.05) is 51.9 Å². The Labute approximate surface area is 214 Å². The van der Waals surface area contributed by atoms with E-state index in [2.05, 4.69) is 20.2 Å². The van der Waals surface area contributed by atoms with Crippen LogP contribution in [-0.2, 0) is 9.53 Å². The molecular weight excluding hydrogens is 484 g/mol. The van der Waals surface area contributed by atoms with E-state index in [0.717, 1.165) is 39.3 Å². The van der Waals surface area contributed by atoms with E-state index in [1.807, 2.05) is 12.1 Å². The van der Waals surface area contributed by atoms with E-state index < -0.39 is 0 Å². The van der Waals surface area contributed by atoms with E-state index in [1.165, 1.54) is 19.2 Å². The number of piperidine rings is 1. The topological polar surface area (TPSA) is 95.0 Å². The maximum absolute atomic E-state index is 10.7. The summed E-state index contributed by atoms with van der Waals surface area (Å²) in [5, 5.41) is 3.56. The van der Waals surface area contributed by atoms with Crippen LogP contribution in [0.3, 0.4) is 0 Å². The maximum Gasteiger partial charge on any atom is 0.230 e. The minimum Gasteiger partial charge on any atom is -0.493 e. The summed E-state index contributed by atoms with van der Waals surface area (Å²) in [6, 6.07) is 8.62. The van der Waals surface area contributed by atoms with Crippen molar-refractivity contribution in [3.63, 3.8) is 0 Å². The molecule has 10 heteroatoms. The van der Waals surface area contributed by atoms with Crippen molar-refractivity contribution < 1.29 is 23.7 Å². The van der Waals surface area contributed by atoms with Crippen molar-refractivity contribution in [2.24, 2.45) is 5.41 Å². The highest BCUT2D eigenvalue weighted by molar-refractivity contribution is 6.33. The average Bonchev–Trinajstić information content (AvgIpc) is 2.87. The van der Waals surface area contributed by atoms with Gasteiger partial charge in [0.05, 0.1) is 48.5 Å². The van der Waals surface area contributed by atoms with Crippen LogP contribution in [0, 0.1) is 5.41 Å². The summed E-state index contributed by atoms with van der Waals surface area (Å²) in [7, 11) is 1.60. The minimum atomic E-state index is 0.354. The fourth-order valence-corrected chi connectivity index (χ4v) is 4.87. The average molecular weight is 513 g/mol. The third-order valence-corrected chi connectivity index (χ3v) is 7.18. The molecule has 2 fully saturated rings. The zero-order valence-electron chi connectivity index (χ0n) is 20.2. The van der Waals surface area contributed by atoms with Crippen LogP contribution in [0.1, 0.15) is 19.3 Å². The van der Waals surface area contributed by atoms with Crippen LogP contribution >= 0.6 is 11.6 Å². The molecule has 3 heterocycles. The van der Waals surface area contributed by atoms with E-state index >= 15 is 0 Å². The number of rotatable bonds is 10. The Balaban J connectivity index is 1.23. The van der Waals surface area contributed by atoms with Gasteiger partial charge in [0, 0.05) is 24.1 Å². The molecule has 1 N–H and O–H groups in total. The molecule has 1 spiro atoms.